The predicted molar refractivity (Wildman–Crippen MR) is 103 cm³/mol. The molecule has 0 fully saturated rings. The van der Waals surface area contributed by atoms with Gasteiger partial charge in [-0.05, 0) is 70.9 Å². The molecular weight excluding hydrogens is 411 g/mol. The van der Waals surface area contributed by atoms with Crippen LogP contribution in [0.3, 0.4) is 0 Å². The zero-order valence-electron chi connectivity index (χ0n) is 13.2. The topological polar surface area (TPSA) is 86.5 Å². The molecule has 1 aliphatic rings. The number of allylic oxidation sites excluding steroid dienone is 3. The normalized spacial score (nSPS) is 14.5. The van der Waals surface area contributed by atoms with E-state index in [2.05, 4.69) is 39.7 Å². The first-order chi connectivity index (χ1) is 11.5. The Hall–Kier alpha value is -2.64. The molecule has 116 valence electrons. The van der Waals surface area contributed by atoms with Crippen molar-refractivity contribution in [3.63, 3.8) is 0 Å². The predicted octanol–water partition coefficient (Wildman–Crippen LogP) is 4.30. The summed E-state index contributed by atoms with van der Waals surface area (Å²) in [6, 6.07) is 12.4. The molecule has 0 radical (unpaired) electrons. The number of pyridine rings is 1. The Labute approximate surface area is 154 Å². The number of nitrogens with two attached hydrogens (primary N) is 1. The molecule has 4 nitrogen and oxygen atoms in total. The lowest BCUT2D eigenvalue weighted by molar-refractivity contribution is 1.22. The van der Waals surface area contributed by atoms with Gasteiger partial charge in [-0.3, -0.25) is 0 Å². The number of rotatable bonds is 1. The third kappa shape index (κ3) is 2.38. The quantitative estimate of drug-likeness (QED) is 0.692. The summed E-state index contributed by atoms with van der Waals surface area (Å²) in [7, 11) is 0. The Morgan fingerprint density at radius 1 is 1.17 bits per heavy atom. The van der Waals surface area contributed by atoms with E-state index in [1.165, 1.54) is 0 Å². The molecule has 24 heavy (non-hydrogen) atoms. The van der Waals surface area contributed by atoms with Crippen LogP contribution in [0.1, 0.15) is 34.9 Å². The summed E-state index contributed by atoms with van der Waals surface area (Å²) in [5, 5.41) is 18.9. The molecule has 0 amide bonds. The zero-order valence-corrected chi connectivity index (χ0v) is 15.3. The molecule has 0 atom stereocenters. The Morgan fingerprint density at radius 2 is 1.88 bits per heavy atom. The van der Waals surface area contributed by atoms with Crippen molar-refractivity contribution in [3.05, 3.63) is 61.4 Å². The van der Waals surface area contributed by atoms with E-state index in [4.69, 9.17) is 5.73 Å². The van der Waals surface area contributed by atoms with Crippen LogP contribution in [0.15, 0.2) is 29.8 Å². The minimum absolute atomic E-state index is 0.171. The molecule has 1 aliphatic carbocycles. The van der Waals surface area contributed by atoms with Gasteiger partial charge >= 0.3 is 0 Å². The summed E-state index contributed by atoms with van der Waals surface area (Å²) in [4.78, 5) is 4.33. The molecule has 2 N–H and O–H groups in total. The fourth-order valence-electron chi connectivity index (χ4n) is 2.94. The van der Waals surface area contributed by atoms with Gasteiger partial charge in [-0.25, -0.2) is 4.98 Å². The van der Waals surface area contributed by atoms with Crippen molar-refractivity contribution in [1.29, 1.82) is 10.5 Å². The Bertz CT molecular complexity index is 1020. The first-order valence-electron chi connectivity index (χ1n) is 7.28. The molecule has 0 bridgehead atoms. The van der Waals surface area contributed by atoms with Crippen LogP contribution >= 0.6 is 22.6 Å². The highest BCUT2D eigenvalue weighted by molar-refractivity contribution is 14.1. The molecular formula is C19H13IN4. The number of benzene rings is 1. The largest absolute Gasteiger partial charge is 0.383 e. The fourth-order valence-corrected chi connectivity index (χ4v) is 3.49. The molecule has 0 spiro atoms. The summed E-state index contributed by atoms with van der Waals surface area (Å²) >= 11 is 2.28. The standard InChI is InChI=1S/C19H13IN4/c1-10-13(7-12-5-3-4-6-16(12)20)17-11(2)15(9-22)19(23)24-18(17)14(10)8-21/h3-7H,1-2H3,(H2,23,24). The number of nitrogens with zero attached hydrogens (tertiary/aromatic N) is 3. The molecule has 5 heteroatoms. The highest BCUT2D eigenvalue weighted by atomic mass is 127. The van der Waals surface area contributed by atoms with Crippen molar-refractivity contribution in [2.45, 2.75) is 13.8 Å². The van der Waals surface area contributed by atoms with Gasteiger partial charge in [-0.1, -0.05) is 18.2 Å². The molecule has 1 aromatic heterocycles. The van der Waals surface area contributed by atoms with Gasteiger partial charge in [0, 0.05) is 9.13 Å². The Balaban J connectivity index is 2.36. The molecule has 0 aliphatic heterocycles. The smallest absolute Gasteiger partial charge is 0.142 e. The van der Waals surface area contributed by atoms with E-state index < -0.39 is 0 Å². The molecule has 0 unspecified atom stereocenters. The van der Waals surface area contributed by atoms with Crippen molar-refractivity contribution in [2.24, 2.45) is 0 Å². The summed E-state index contributed by atoms with van der Waals surface area (Å²) in [5.74, 6) is 0.171. The van der Waals surface area contributed by atoms with Gasteiger partial charge in [-0.15, -0.1) is 0 Å². The van der Waals surface area contributed by atoms with Crippen LogP contribution in [0.2, 0.25) is 0 Å². The van der Waals surface area contributed by atoms with Crippen molar-refractivity contribution in [1.82, 2.24) is 4.98 Å². The molecule has 2 aromatic rings. The van der Waals surface area contributed by atoms with E-state index in [1.807, 2.05) is 44.2 Å². The Kier molecular flexibility index (Phi) is 4.13. The third-order valence-electron chi connectivity index (χ3n) is 4.19. The van der Waals surface area contributed by atoms with Gasteiger partial charge in [0.25, 0.3) is 0 Å². The van der Waals surface area contributed by atoms with E-state index in [9.17, 15) is 10.5 Å². The maximum absolute atomic E-state index is 9.55. The second-order valence-corrected chi connectivity index (χ2v) is 6.69. The highest BCUT2D eigenvalue weighted by Gasteiger charge is 2.29. The first-order valence-corrected chi connectivity index (χ1v) is 8.36. The number of nitriles is 2. The van der Waals surface area contributed by atoms with E-state index in [-0.39, 0.29) is 5.82 Å². The van der Waals surface area contributed by atoms with Crippen LogP contribution in [-0.4, -0.2) is 4.98 Å². The van der Waals surface area contributed by atoms with Gasteiger partial charge in [0.2, 0.25) is 0 Å². The van der Waals surface area contributed by atoms with E-state index in [0.717, 1.165) is 31.4 Å². The van der Waals surface area contributed by atoms with Crippen LogP contribution in [0.5, 0.6) is 0 Å². The van der Waals surface area contributed by atoms with Crippen LogP contribution in [0.25, 0.3) is 17.2 Å². The summed E-state index contributed by atoms with van der Waals surface area (Å²) in [5.41, 5.74) is 11.8. The number of aromatic nitrogens is 1. The van der Waals surface area contributed by atoms with E-state index >= 15 is 0 Å². The number of halogens is 1. The maximum Gasteiger partial charge on any atom is 0.142 e. The number of hydrogen-bond acceptors (Lipinski definition) is 4. The van der Waals surface area contributed by atoms with Gasteiger partial charge in [0.1, 0.15) is 18.0 Å². The number of nitrogen functional groups attached to an aromatic ring is 1. The lowest BCUT2D eigenvalue weighted by atomic mass is 9.95. The van der Waals surface area contributed by atoms with Crippen LogP contribution < -0.4 is 5.73 Å². The second-order valence-electron chi connectivity index (χ2n) is 5.52. The Morgan fingerprint density at radius 3 is 2.50 bits per heavy atom. The highest BCUT2D eigenvalue weighted by Crippen LogP contribution is 2.44. The van der Waals surface area contributed by atoms with Crippen LogP contribution in [0, 0.1) is 33.2 Å². The minimum Gasteiger partial charge on any atom is -0.383 e. The molecule has 0 saturated carbocycles. The van der Waals surface area contributed by atoms with Crippen molar-refractivity contribution in [2.75, 3.05) is 5.73 Å². The summed E-state index contributed by atoms with van der Waals surface area (Å²) in [6.45, 7) is 3.76. The van der Waals surface area contributed by atoms with Crippen LogP contribution in [-0.2, 0) is 0 Å². The lowest BCUT2D eigenvalue weighted by Gasteiger charge is -2.11. The minimum atomic E-state index is 0.171. The third-order valence-corrected chi connectivity index (χ3v) is 5.17. The average Bonchev–Trinajstić information content (AvgIpc) is 2.81. The zero-order chi connectivity index (χ0) is 17.4. The second kappa shape index (κ2) is 6.10. The van der Waals surface area contributed by atoms with Gasteiger partial charge in [0.15, 0.2) is 0 Å². The molecule has 1 heterocycles. The van der Waals surface area contributed by atoms with Crippen LogP contribution in [0.4, 0.5) is 5.82 Å². The number of anilines is 1. The maximum atomic E-state index is 9.55. The number of hydrogen-bond donors (Lipinski definition) is 1. The average molecular weight is 424 g/mol. The monoisotopic (exact) mass is 424 g/mol. The SMILES string of the molecule is CC1=C(C#N)c2nc(N)c(C#N)c(C)c2C1=Cc1ccccc1I. The molecule has 0 saturated heterocycles. The fraction of sp³-hybridized carbons (Fsp3) is 0.105. The summed E-state index contributed by atoms with van der Waals surface area (Å²) < 4.78 is 1.11. The van der Waals surface area contributed by atoms with Crippen molar-refractivity contribution >= 4 is 45.6 Å². The molecule has 1 aromatic carbocycles. The first kappa shape index (κ1) is 16.2. The van der Waals surface area contributed by atoms with E-state index in [0.29, 0.717) is 16.8 Å². The van der Waals surface area contributed by atoms with Crippen molar-refractivity contribution in [3.8, 4) is 12.1 Å². The van der Waals surface area contributed by atoms with Crippen molar-refractivity contribution < 1.29 is 0 Å². The molecule has 3 rings (SSSR count). The summed E-state index contributed by atoms with van der Waals surface area (Å²) in [6.07, 6.45) is 2.05. The number of fused-ring (bicyclic) bond motifs is 1. The lowest BCUT2D eigenvalue weighted by Crippen LogP contribution is -2.03. The van der Waals surface area contributed by atoms with Gasteiger partial charge in [-0.2, -0.15) is 10.5 Å². The van der Waals surface area contributed by atoms with Gasteiger partial charge in [0.05, 0.1) is 16.8 Å². The van der Waals surface area contributed by atoms with E-state index in [1.54, 1.807) is 0 Å². The van der Waals surface area contributed by atoms with Gasteiger partial charge < -0.3 is 5.73 Å².